The van der Waals surface area contributed by atoms with Crippen molar-refractivity contribution in [2.24, 2.45) is 0 Å². The minimum atomic E-state index is -2.91. The molecular weight excluding hydrogens is 265 g/mol. The molecule has 1 aromatic rings. The first-order chi connectivity index (χ1) is 7.98. The number of hydrogen-bond donors (Lipinski definition) is 1. The number of nitrogens with one attached hydrogen (secondary N) is 1. The lowest BCUT2D eigenvalue weighted by Crippen LogP contribution is -2.29. The molecule has 1 N–H and O–H groups in total. The Morgan fingerprint density at radius 2 is 2.24 bits per heavy atom. The third kappa shape index (κ3) is 3.18. The summed E-state index contributed by atoms with van der Waals surface area (Å²) in [5.74, 6) is -0.0415. The number of sulfone groups is 1. The Kier molecular flexibility index (Phi) is 3.70. The Balaban J connectivity index is 1.99. The van der Waals surface area contributed by atoms with Crippen molar-refractivity contribution in [2.75, 3.05) is 11.5 Å². The monoisotopic (exact) mass is 277 g/mol. The molecular formula is C11H13ClFNO2S. The van der Waals surface area contributed by atoms with E-state index in [0.29, 0.717) is 17.0 Å². The van der Waals surface area contributed by atoms with Crippen LogP contribution in [0.25, 0.3) is 0 Å². The zero-order chi connectivity index (χ0) is 12.5. The lowest BCUT2D eigenvalue weighted by Gasteiger charge is -2.12. The van der Waals surface area contributed by atoms with Crippen molar-refractivity contribution in [3.8, 4) is 0 Å². The molecule has 0 saturated carbocycles. The molecule has 1 aliphatic heterocycles. The Bertz CT molecular complexity index is 498. The van der Waals surface area contributed by atoms with Crippen LogP contribution in [0.15, 0.2) is 18.2 Å². The highest BCUT2D eigenvalue weighted by Crippen LogP contribution is 2.19. The molecule has 6 heteroatoms. The van der Waals surface area contributed by atoms with Gasteiger partial charge in [-0.05, 0) is 18.6 Å². The zero-order valence-electron chi connectivity index (χ0n) is 9.12. The summed E-state index contributed by atoms with van der Waals surface area (Å²) in [6.45, 7) is 0.256. The normalized spacial score (nSPS) is 22.8. The summed E-state index contributed by atoms with van der Waals surface area (Å²) >= 11 is 5.87. The molecule has 2 rings (SSSR count). The average molecular weight is 278 g/mol. The maximum Gasteiger partial charge on any atom is 0.151 e. The molecule has 1 fully saturated rings. The van der Waals surface area contributed by atoms with Gasteiger partial charge in [0, 0.05) is 23.2 Å². The summed E-state index contributed by atoms with van der Waals surface area (Å²) in [7, 11) is -2.91. The second-order valence-electron chi connectivity index (χ2n) is 4.18. The molecule has 17 heavy (non-hydrogen) atoms. The highest BCUT2D eigenvalue weighted by molar-refractivity contribution is 7.91. The fourth-order valence-electron chi connectivity index (χ4n) is 1.90. The number of halogens is 2. The fourth-order valence-corrected chi connectivity index (χ4v) is 3.84. The molecule has 1 heterocycles. The number of hydrogen-bond acceptors (Lipinski definition) is 3. The molecule has 1 saturated heterocycles. The minimum Gasteiger partial charge on any atom is -0.309 e. The number of rotatable bonds is 3. The van der Waals surface area contributed by atoms with Crippen LogP contribution in [0.1, 0.15) is 12.0 Å². The van der Waals surface area contributed by atoms with Crippen LogP contribution in [0.5, 0.6) is 0 Å². The molecule has 0 aliphatic carbocycles. The van der Waals surface area contributed by atoms with Gasteiger partial charge < -0.3 is 5.32 Å². The predicted molar refractivity (Wildman–Crippen MR) is 65.3 cm³/mol. The Hall–Kier alpha value is -0.650. The quantitative estimate of drug-likeness (QED) is 0.916. The van der Waals surface area contributed by atoms with Gasteiger partial charge in [0.2, 0.25) is 0 Å². The summed E-state index contributed by atoms with van der Waals surface area (Å²) < 4.78 is 35.9. The van der Waals surface area contributed by atoms with Gasteiger partial charge in [-0.15, -0.1) is 0 Å². The van der Waals surface area contributed by atoms with Crippen LogP contribution in [-0.2, 0) is 16.4 Å². The smallest absolute Gasteiger partial charge is 0.151 e. The van der Waals surface area contributed by atoms with Crippen molar-refractivity contribution in [1.82, 2.24) is 5.32 Å². The van der Waals surface area contributed by atoms with Crippen molar-refractivity contribution in [3.63, 3.8) is 0 Å². The molecule has 0 unspecified atom stereocenters. The summed E-state index contributed by atoms with van der Waals surface area (Å²) in [5.41, 5.74) is 0.387. The van der Waals surface area contributed by atoms with E-state index in [2.05, 4.69) is 5.32 Å². The van der Waals surface area contributed by atoms with Crippen molar-refractivity contribution in [1.29, 1.82) is 0 Å². The maximum absolute atomic E-state index is 13.4. The molecule has 0 bridgehead atoms. The minimum absolute atomic E-state index is 0.101. The van der Waals surface area contributed by atoms with E-state index in [-0.39, 0.29) is 29.9 Å². The van der Waals surface area contributed by atoms with Crippen LogP contribution in [-0.4, -0.2) is 26.0 Å². The molecule has 3 nitrogen and oxygen atoms in total. The molecule has 1 atom stereocenters. The first-order valence-electron chi connectivity index (χ1n) is 5.34. The highest BCUT2D eigenvalue weighted by atomic mass is 35.5. The third-order valence-corrected chi connectivity index (χ3v) is 4.98. The van der Waals surface area contributed by atoms with Crippen LogP contribution in [0.2, 0.25) is 5.02 Å². The van der Waals surface area contributed by atoms with Gasteiger partial charge in [0.25, 0.3) is 0 Å². The van der Waals surface area contributed by atoms with Gasteiger partial charge in [-0.3, -0.25) is 0 Å². The lowest BCUT2D eigenvalue weighted by molar-refractivity contribution is 0.532. The van der Waals surface area contributed by atoms with E-state index in [0.717, 1.165) is 0 Å². The zero-order valence-corrected chi connectivity index (χ0v) is 10.7. The second-order valence-corrected chi connectivity index (χ2v) is 6.82. The average Bonchev–Trinajstić information content (AvgIpc) is 2.57. The lowest BCUT2D eigenvalue weighted by atomic mass is 10.2. The van der Waals surface area contributed by atoms with Gasteiger partial charge in [-0.2, -0.15) is 0 Å². The highest BCUT2D eigenvalue weighted by Gasteiger charge is 2.27. The van der Waals surface area contributed by atoms with E-state index in [1.165, 1.54) is 6.07 Å². The van der Waals surface area contributed by atoms with Gasteiger partial charge in [-0.25, -0.2) is 12.8 Å². The predicted octanol–water partition coefficient (Wildman–Crippen LogP) is 1.76. The van der Waals surface area contributed by atoms with E-state index in [1.807, 2.05) is 0 Å². The molecule has 0 amide bonds. The van der Waals surface area contributed by atoms with Crippen LogP contribution >= 0.6 is 11.6 Å². The van der Waals surface area contributed by atoms with Gasteiger partial charge in [0.05, 0.1) is 11.5 Å². The van der Waals surface area contributed by atoms with E-state index in [4.69, 9.17) is 11.6 Å². The summed E-state index contributed by atoms with van der Waals surface area (Å²) in [6.07, 6.45) is 0.578. The molecule has 1 aromatic carbocycles. The largest absolute Gasteiger partial charge is 0.309 e. The molecule has 0 spiro atoms. The van der Waals surface area contributed by atoms with E-state index in [9.17, 15) is 12.8 Å². The standard InChI is InChI=1S/C11H13ClFNO2S/c12-10-2-1-3-11(13)9(10)6-14-8-4-5-17(15,16)7-8/h1-3,8,14H,4-7H2/t8-/m0/s1. The molecule has 0 radical (unpaired) electrons. The van der Waals surface area contributed by atoms with Gasteiger partial charge in [0.15, 0.2) is 9.84 Å². The Morgan fingerprint density at radius 1 is 1.47 bits per heavy atom. The van der Waals surface area contributed by atoms with E-state index >= 15 is 0 Å². The first-order valence-corrected chi connectivity index (χ1v) is 7.54. The molecule has 0 aromatic heterocycles. The number of benzene rings is 1. The fraction of sp³-hybridized carbons (Fsp3) is 0.455. The topological polar surface area (TPSA) is 46.2 Å². The van der Waals surface area contributed by atoms with Gasteiger partial charge >= 0.3 is 0 Å². The third-order valence-electron chi connectivity index (χ3n) is 2.86. The van der Waals surface area contributed by atoms with Crippen molar-refractivity contribution in [3.05, 3.63) is 34.6 Å². The van der Waals surface area contributed by atoms with Crippen LogP contribution in [0, 0.1) is 5.82 Å². The van der Waals surface area contributed by atoms with Gasteiger partial charge in [-0.1, -0.05) is 17.7 Å². The Morgan fingerprint density at radius 3 is 2.82 bits per heavy atom. The first kappa shape index (κ1) is 12.8. The van der Waals surface area contributed by atoms with Gasteiger partial charge in [0.1, 0.15) is 5.82 Å². The molecule has 94 valence electrons. The second kappa shape index (κ2) is 4.92. The van der Waals surface area contributed by atoms with Crippen molar-refractivity contribution in [2.45, 2.75) is 19.0 Å². The van der Waals surface area contributed by atoms with Crippen LogP contribution in [0.3, 0.4) is 0 Å². The molecule has 1 aliphatic rings. The summed E-state index contributed by atoms with van der Waals surface area (Å²) in [5, 5.41) is 3.39. The Labute approximate surface area is 105 Å². The summed E-state index contributed by atoms with van der Waals surface area (Å²) in [4.78, 5) is 0. The van der Waals surface area contributed by atoms with Crippen LogP contribution in [0.4, 0.5) is 4.39 Å². The maximum atomic E-state index is 13.4. The SMILES string of the molecule is O=S1(=O)CC[C@H](NCc2c(F)cccc2Cl)C1. The van der Waals surface area contributed by atoms with E-state index in [1.54, 1.807) is 12.1 Å². The van der Waals surface area contributed by atoms with E-state index < -0.39 is 9.84 Å². The van der Waals surface area contributed by atoms with Crippen molar-refractivity contribution >= 4 is 21.4 Å². The van der Waals surface area contributed by atoms with Crippen LogP contribution < -0.4 is 5.32 Å². The summed E-state index contributed by atoms with van der Waals surface area (Å²) in [6, 6.07) is 4.40. The van der Waals surface area contributed by atoms with Crippen molar-refractivity contribution < 1.29 is 12.8 Å².